The topological polar surface area (TPSA) is 9.72 Å². The number of hydrogen-bond acceptors (Lipinski definition) is 3. The Kier molecular flexibility index (Phi) is 13.1. The van der Waals surface area contributed by atoms with Gasteiger partial charge in [0, 0.05) is 26.2 Å². The molecule has 0 saturated carbocycles. The Morgan fingerprint density at radius 1 is 0.423 bits per heavy atom. The second kappa shape index (κ2) is 13.1. The maximum atomic E-state index is 2.50. The summed E-state index contributed by atoms with van der Waals surface area (Å²) in [6.45, 7) is 21.2. The molecule has 26 heavy (non-hydrogen) atoms. The molecule has 0 aromatic rings. The van der Waals surface area contributed by atoms with Crippen molar-refractivity contribution >= 4 is 0 Å². The van der Waals surface area contributed by atoms with Crippen molar-refractivity contribution in [1.29, 1.82) is 0 Å². The summed E-state index contributed by atoms with van der Waals surface area (Å²) in [5.41, 5.74) is 0.967. The largest absolute Gasteiger partial charge is 0.305 e. The van der Waals surface area contributed by atoms with Gasteiger partial charge in [-0.2, -0.15) is 0 Å². The van der Waals surface area contributed by atoms with E-state index in [-0.39, 0.29) is 0 Å². The molecule has 0 saturated heterocycles. The van der Waals surface area contributed by atoms with Crippen LogP contribution < -0.4 is 0 Å². The fourth-order valence-corrected chi connectivity index (χ4v) is 3.09. The predicted molar refractivity (Wildman–Crippen MR) is 119 cm³/mol. The predicted octanol–water partition coefficient (Wildman–Crippen LogP) is 5.21. The fourth-order valence-electron chi connectivity index (χ4n) is 3.09. The Morgan fingerprint density at radius 3 is 0.962 bits per heavy atom. The molecule has 0 spiro atoms. The Bertz CT molecular complexity index is 295. The highest BCUT2D eigenvalue weighted by Gasteiger charge is 2.11. The molecule has 0 unspecified atom stereocenters. The standard InChI is InChI=1S/C23H51N3/c1-22(2,3)14-10-12-16-24(7)18-20-26(9)21-19-25(8)17-13-11-15-23(4,5)6/h10-21H2,1-9H3. The van der Waals surface area contributed by atoms with Crippen LogP contribution in [0.4, 0.5) is 0 Å². The van der Waals surface area contributed by atoms with Crippen molar-refractivity contribution in [2.75, 3.05) is 60.4 Å². The van der Waals surface area contributed by atoms with Crippen LogP contribution in [-0.4, -0.2) is 75.1 Å². The lowest BCUT2D eigenvalue weighted by Crippen LogP contribution is -2.36. The van der Waals surface area contributed by atoms with Crippen molar-refractivity contribution in [3.8, 4) is 0 Å². The van der Waals surface area contributed by atoms with Crippen LogP contribution >= 0.6 is 0 Å². The van der Waals surface area contributed by atoms with E-state index in [0.717, 1.165) is 0 Å². The lowest BCUT2D eigenvalue weighted by molar-refractivity contribution is 0.220. The van der Waals surface area contributed by atoms with Gasteiger partial charge < -0.3 is 14.7 Å². The zero-order valence-corrected chi connectivity index (χ0v) is 19.8. The summed E-state index contributed by atoms with van der Waals surface area (Å²) < 4.78 is 0. The van der Waals surface area contributed by atoms with Crippen molar-refractivity contribution in [2.24, 2.45) is 10.8 Å². The lowest BCUT2D eigenvalue weighted by Gasteiger charge is -2.25. The normalized spacial score (nSPS) is 13.4. The van der Waals surface area contributed by atoms with Gasteiger partial charge in [0.25, 0.3) is 0 Å². The Labute approximate surface area is 166 Å². The highest BCUT2D eigenvalue weighted by Crippen LogP contribution is 2.22. The molecule has 0 aliphatic heterocycles. The molecule has 0 aromatic heterocycles. The van der Waals surface area contributed by atoms with Crippen LogP contribution in [0, 0.1) is 10.8 Å². The Hall–Kier alpha value is -0.120. The zero-order valence-electron chi connectivity index (χ0n) is 19.8. The average Bonchev–Trinajstić information content (AvgIpc) is 2.50. The van der Waals surface area contributed by atoms with Crippen LogP contribution in [0.3, 0.4) is 0 Å². The minimum absolute atomic E-state index is 0.484. The second-order valence-corrected chi connectivity index (χ2v) is 10.9. The van der Waals surface area contributed by atoms with Crippen molar-refractivity contribution in [3.63, 3.8) is 0 Å². The zero-order chi connectivity index (χ0) is 20.2. The minimum Gasteiger partial charge on any atom is -0.305 e. The summed E-state index contributed by atoms with van der Waals surface area (Å²) in [7, 11) is 6.80. The van der Waals surface area contributed by atoms with Gasteiger partial charge in [-0.25, -0.2) is 0 Å². The van der Waals surface area contributed by atoms with Crippen molar-refractivity contribution in [2.45, 2.75) is 80.1 Å². The minimum atomic E-state index is 0.484. The van der Waals surface area contributed by atoms with Crippen LogP contribution in [0.1, 0.15) is 80.1 Å². The maximum absolute atomic E-state index is 2.50. The molecular formula is C23H51N3. The van der Waals surface area contributed by atoms with E-state index in [0.29, 0.717) is 10.8 Å². The Balaban J connectivity index is 3.64. The quantitative estimate of drug-likeness (QED) is 0.389. The molecule has 0 bridgehead atoms. The summed E-state index contributed by atoms with van der Waals surface area (Å²) in [6.07, 6.45) is 8.03. The first-order valence-electron chi connectivity index (χ1n) is 10.9. The highest BCUT2D eigenvalue weighted by atomic mass is 15.2. The van der Waals surface area contributed by atoms with Gasteiger partial charge in [0.15, 0.2) is 0 Å². The van der Waals surface area contributed by atoms with Crippen molar-refractivity contribution in [3.05, 3.63) is 0 Å². The lowest BCUT2D eigenvalue weighted by atomic mass is 9.90. The number of hydrogen-bond donors (Lipinski definition) is 0. The number of rotatable bonds is 14. The molecule has 0 aliphatic carbocycles. The van der Waals surface area contributed by atoms with Gasteiger partial charge >= 0.3 is 0 Å². The molecule has 0 fully saturated rings. The van der Waals surface area contributed by atoms with Crippen LogP contribution in [0.25, 0.3) is 0 Å². The molecule has 0 atom stereocenters. The summed E-state index contributed by atoms with van der Waals surface area (Å²) >= 11 is 0. The van der Waals surface area contributed by atoms with E-state index in [9.17, 15) is 0 Å². The molecule has 3 nitrogen and oxygen atoms in total. The van der Waals surface area contributed by atoms with Gasteiger partial charge in [0.05, 0.1) is 0 Å². The first-order valence-corrected chi connectivity index (χ1v) is 10.9. The third kappa shape index (κ3) is 18.7. The molecule has 0 heterocycles. The van der Waals surface area contributed by atoms with E-state index in [1.807, 2.05) is 0 Å². The summed E-state index contributed by atoms with van der Waals surface area (Å²) in [6, 6.07) is 0. The summed E-state index contributed by atoms with van der Waals surface area (Å²) in [5.74, 6) is 0. The van der Waals surface area contributed by atoms with Crippen LogP contribution in [0.5, 0.6) is 0 Å². The molecule has 0 rings (SSSR count). The molecule has 0 aliphatic rings. The van der Waals surface area contributed by atoms with Gasteiger partial charge in [-0.3, -0.25) is 0 Å². The third-order valence-corrected chi connectivity index (χ3v) is 5.16. The monoisotopic (exact) mass is 369 g/mol. The van der Waals surface area contributed by atoms with E-state index < -0.39 is 0 Å². The summed E-state index contributed by atoms with van der Waals surface area (Å²) in [5, 5.41) is 0. The van der Waals surface area contributed by atoms with Gasteiger partial charge in [-0.1, -0.05) is 54.4 Å². The van der Waals surface area contributed by atoms with Crippen LogP contribution in [0.2, 0.25) is 0 Å². The molecular weight excluding hydrogens is 318 g/mol. The van der Waals surface area contributed by atoms with E-state index in [1.54, 1.807) is 0 Å². The molecule has 3 heteroatoms. The smallest absolute Gasteiger partial charge is 0.0107 e. The number of likely N-dealkylation sites (N-methyl/N-ethyl adjacent to an activating group) is 3. The molecule has 0 N–H and O–H groups in total. The molecule has 0 radical (unpaired) electrons. The van der Waals surface area contributed by atoms with Gasteiger partial charge in [-0.05, 0) is 70.7 Å². The van der Waals surface area contributed by atoms with Gasteiger partial charge in [-0.15, -0.1) is 0 Å². The van der Waals surface area contributed by atoms with E-state index >= 15 is 0 Å². The fraction of sp³-hybridized carbons (Fsp3) is 1.00. The van der Waals surface area contributed by atoms with E-state index in [1.165, 1.54) is 77.8 Å². The molecule has 158 valence electrons. The summed E-state index contributed by atoms with van der Waals surface area (Å²) in [4.78, 5) is 7.47. The SMILES string of the molecule is CN(CCCCC(C)(C)C)CCN(C)CCN(C)CCCCC(C)(C)C. The number of unbranched alkanes of at least 4 members (excludes halogenated alkanes) is 2. The third-order valence-electron chi connectivity index (χ3n) is 5.16. The second-order valence-electron chi connectivity index (χ2n) is 10.9. The molecule has 0 amide bonds. The van der Waals surface area contributed by atoms with E-state index in [2.05, 4.69) is 77.4 Å². The maximum Gasteiger partial charge on any atom is 0.0107 e. The van der Waals surface area contributed by atoms with Crippen molar-refractivity contribution < 1.29 is 0 Å². The number of nitrogens with zero attached hydrogens (tertiary/aromatic N) is 3. The average molecular weight is 370 g/mol. The van der Waals surface area contributed by atoms with Gasteiger partial charge in [0.2, 0.25) is 0 Å². The van der Waals surface area contributed by atoms with E-state index in [4.69, 9.17) is 0 Å². The Morgan fingerprint density at radius 2 is 0.692 bits per heavy atom. The van der Waals surface area contributed by atoms with Gasteiger partial charge in [0.1, 0.15) is 0 Å². The highest BCUT2D eigenvalue weighted by molar-refractivity contribution is 4.65. The van der Waals surface area contributed by atoms with Crippen LogP contribution in [-0.2, 0) is 0 Å². The first-order chi connectivity index (χ1) is 11.9. The van der Waals surface area contributed by atoms with Crippen molar-refractivity contribution in [1.82, 2.24) is 14.7 Å². The first kappa shape index (κ1) is 25.9. The van der Waals surface area contributed by atoms with Crippen LogP contribution in [0.15, 0.2) is 0 Å². The molecule has 0 aromatic carbocycles.